The van der Waals surface area contributed by atoms with Crippen molar-refractivity contribution in [3.05, 3.63) is 33.7 Å². The fraction of sp³-hybridized carbons (Fsp3) is 0.308. The Morgan fingerprint density at radius 1 is 1.35 bits per heavy atom. The minimum Gasteiger partial charge on any atom is -0.384 e. The van der Waals surface area contributed by atoms with Gasteiger partial charge in [0.2, 0.25) is 0 Å². The summed E-state index contributed by atoms with van der Waals surface area (Å²) in [5, 5.41) is 4.11. The van der Waals surface area contributed by atoms with Gasteiger partial charge in [-0.1, -0.05) is 15.9 Å². The summed E-state index contributed by atoms with van der Waals surface area (Å²) in [4.78, 5) is 4.33. The molecule has 0 saturated carbocycles. The maximum absolute atomic E-state index is 13.8. The van der Waals surface area contributed by atoms with Crippen LogP contribution in [0.25, 0.3) is 10.9 Å². The number of hydrogen-bond acceptors (Lipinski definition) is 2. The molecule has 0 fully saturated rings. The van der Waals surface area contributed by atoms with Gasteiger partial charge < -0.3 is 5.32 Å². The molecule has 1 aromatic carbocycles. The molecule has 0 radical (unpaired) electrons. The lowest BCUT2D eigenvalue weighted by atomic mass is 10.1. The second-order valence-electron chi connectivity index (χ2n) is 3.98. The van der Waals surface area contributed by atoms with Crippen LogP contribution in [0.4, 0.5) is 10.1 Å². The van der Waals surface area contributed by atoms with Crippen LogP contribution in [-0.2, 0) is 0 Å². The average Bonchev–Trinajstić information content (AvgIpc) is 2.30. The lowest BCUT2D eigenvalue weighted by Crippen LogP contribution is -2.04. The first-order valence-electron chi connectivity index (χ1n) is 5.55. The van der Waals surface area contributed by atoms with Crippen molar-refractivity contribution >= 4 is 32.5 Å². The highest BCUT2D eigenvalue weighted by molar-refractivity contribution is 9.10. The van der Waals surface area contributed by atoms with Crippen LogP contribution in [0.2, 0.25) is 0 Å². The largest absolute Gasteiger partial charge is 0.384 e. The highest BCUT2D eigenvalue weighted by Crippen LogP contribution is 2.34. The first kappa shape index (κ1) is 12.3. The van der Waals surface area contributed by atoms with E-state index in [4.69, 9.17) is 0 Å². The van der Waals surface area contributed by atoms with Gasteiger partial charge >= 0.3 is 0 Å². The number of rotatable bonds is 2. The summed E-state index contributed by atoms with van der Waals surface area (Å²) < 4.78 is 14.6. The van der Waals surface area contributed by atoms with Crippen molar-refractivity contribution in [2.75, 3.05) is 11.9 Å². The molecule has 2 nitrogen and oxygen atoms in total. The summed E-state index contributed by atoms with van der Waals surface area (Å²) in [6.07, 6.45) is 0. The average molecular weight is 297 g/mol. The maximum atomic E-state index is 13.8. The van der Waals surface area contributed by atoms with Crippen LogP contribution in [0.5, 0.6) is 0 Å². The summed E-state index contributed by atoms with van der Waals surface area (Å²) in [5.74, 6) is -0.287. The quantitative estimate of drug-likeness (QED) is 0.899. The van der Waals surface area contributed by atoms with E-state index < -0.39 is 0 Å². The van der Waals surface area contributed by atoms with Gasteiger partial charge in [-0.05, 0) is 38.5 Å². The van der Waals surface area contributed by atoms with E-state index in [1.165, 1.54) is 6.07 Å². The second kappa shape index (κ2) is 4.61. The fourth-order valence-electron chi connectivity index (χ4n) is 1.91. The fourth-order valence-corrected chi connectivity index (χ4v) is 2.42. The monoisotopic (exact) mass is 296 g/mol. The van der Waals surface area contributed by atoms with Crippen molar-refractivity contribution in [1.29, 1.82) is 0 Å². The number of hydrogen-bond donors (Lipinski definition) is 1. The van der Waals surface area contributed by atoms with Crippen molar-refractivity contribution in [2.45, 2.75) is 20.8 Å². The lowest BCUT2D eigenvalue weighted by Gasteiger charge is -2.15. The van der Waals surface area contributed by atoms with Crippen LogP contribution in [-0.4, -0.2) is 11.5 Å². The highest BCUT2D eigenvalue weighted by atomic mass is 79.9. The molecule has 1 N–H and O–H groups in total. The topological polar surface area (TPSA) is 24.9 Å². The highest BCUT2D eigenvalue weighted by Gasteiger charge is 2.14. The number of fused-ring (bicyclic) bond motifs is 1. The third-order valence-corrected chi connectivity index (χ3v) is 3.54. The third-order valence-electron chi connectivity index (χ3n) is 2.88. The molecule has 0 unspecified atom stereocenters. The molecule has 0 spiro atoms. The molecule has 90 valence electrons. The zero-order chi connectivity index (χ0) is 12.6. The Labute approximate surface area is 108 Å². The van der Waals surface area contributed by atoms with Gasteiger partial charge in [-0.3, -0.25) is 0 Å². The molecule has 1 aromatic heterocycles. The van der Waals surface area contributed by atoms with Crippen LogP contribution < -0.4 is 5.32 Å². The SMILES string of the molecule is CCNc1c(C)c(C)nc2c(F)ccc(Br)c12. The molecule has 4 heteroatoms. The first-order chi connectivity index (χ1) is 8.06. The molecule has 0 aliphatic heterocycles. The molecule has 0 saturated heterocycles. The van der Waals surface area contributed by atoms with Gasteiger partial charge in [0.05, 0.1) is 0 Å². The van der Waals surface area contributed by atoms with E-state index in [1.54, 1.807) is 6.07 Å². The Hall–Kier alpha value is -1.16. The lowest BCUT2D eigenvalue weighted by molar-refractivity contribution is 0.636. The zero-order valence-corrected chi connectivity index (χ0v) is 11.7. The Bertz CT molecular complexity index is 581. The summed E-state index contributed by atoms with van der Waals surface area (Å²) in [6.45, 7) is 6.71. The van der Waals surface area contributed by atoms with Crippen LogP contribution in [0.15, 0.2) is 16.6 Å². The molecule has 0 bridgehead atoms. The Morgan fingerprint density at radius 3 is 2.71 bits per heavy atom. The predicted octanol–water partition coefficient (Wildman–Crippen LogP) is 4.19. The van der Waals surface area contributed by atoms with Crippen LogP contribution in [0, 0.1) is 19.7 Å². The predicted molar refractivity (Wildman–Crippen MR) is 73.0 cm³/mol. The van der Waals surface area contributed by atoms with Gasteiger partial charge in [-0.25, -0.2) is 9.37 Å². The summed E-state index contributed by atoms with van der Waals surface area (Å²) in [6, 6.07) is 3.15. The number of nitrogens with one attached hydrogen (secondary N) is 1. The zero-order valence-electron chi connectivity index (χ0n) is 10.1. The van der Waals surface area contributed by atoms with Gasteiger partial charge in [0.1, 0.15) is 11.3 Å². The summed E-state index contributed by atoms with van der Waals surface area (Å²) in [7, 11) is 0. The van der Waals surface area contributed by atoms with Gasteiger partial charge in [0.25, 0.3) is 0 Å². The minimum atomic E-state index is -0.287. The van der Waals surface area contributed by atoms with E-state index in [-0.39, 0.29) is 5.82 Å². The maximum Gasteiger partial charge on any atom is 0.149 e. The minimum absolute atomic E-state index is 0.287. The van der Waals surface area contributed by atoms with E-state index in [1.807, 2.05) is 20.8 Å². The molecule has 2 aromatic rings. The number of pyridine rings is 1. The van der Waals surface area contributed by atoms with Crippen LogP contribution in [0.1, 0.15) is 18.2 Å². The van der Waals surface area contributed by atoms with Crippen LogP contribution >= 0.6 is 15.9 Å². The van der Waals surface area contributed by atoms with Gasteiger partial charge in [-0.2, -0.15) is 0 Å². The molecular weight excluding hydrogens is 283 g/mol. The number of anilines is 1. The van der Waals surface area contributed by atoms with Crippen molar-refractivity contribution < 1.29 is 4.39 Å². The second-order valence-corrected chi connectivity index (χ2v) is 4.83. The van der Waals surface area contributed by atoms with E-state index >= 15 is 0 Å². The van der Waals surface area contributed by atoms with Crippen molar-refractivity contribution in [3.8, 4) is 0 Å². The molecule has 17 heavy (non-hydrogen) atoms. The summed E-state index contributed by atoms with van der Waals surface area (Å²) >= 11 is 3.46. The smallest absolute Gasteiger partial charge is 0.149 e. The molecule has 0 aliphatic carbocycles. The van der Waals surface area contributed by atoms with Gasteiger partial charge in [0, 0.05) is 27.8 Å². The van der Waals surface area contributed by atoms with Crippen molar-refractivity contribution in [3.63, 3.8) is 0 Å². The molecule has 0 atom stereocenters. The molecule has 2 rings (SSSR count). The van der Waals surface area contributed by atoms with E-state index in [0.29, 0.717) is 5.52 Å². The van der Waals surface area contributed by atoms with Gasteiger partial charge in [-0.15, -0.1) is 0 Å². The Morgan fingerprint density at radius 2 is 2.06 bits per heavy atom. The van der Waals surface area contributed by atoms with Gasteiger partial charge in [0.15, 0.2) is 0 Å². The van der Waals surface area contributed by atoms with Crippen LogP contribution in [0.3, 0.4) is 0 Å². The van der Waals surface area contributed by atoms with Crippen molar-refractivity contribution in [1.82, 2.24) is 4.98 Å². The van der Waals surface area contributed by atoms with Crippen molar-refractivity contribution in [2.24, 2.45) is 0 Å². The number of aromatic nitrogens is 1. The first-order valence-corrected chi connectivity index (χ1v) is 6.34. The Kier molecular flexibility index (Phi) is 3.33. The number of halogens is 2. The van der Waals surface area contributed by atoms with E-state index in [2.05, 4.69) is 26.2 Å². The number of nitrogens with zero attached hydrogens (tertiary/aromatic N) is 1. The normalized spacial score (nSPS) is 10.9. The standard InChI is InChI=1S/C13H14BrFN2/c1-4-16-12-7(2)8(3)17-13-10(15)6-5-9(14)11(12)13/h5-6H,4H2,1-3H3,(H,16,17). The van der Waals surface area contributed by atoms with E-state index in [0.717, 1.165) is 33.3 Å². The Balaban J connectivity index is 2.92. The molecule has 1 heterocycles. The number of aryl methyl sites for hydroxylation is 1. The third kappa shape index (κ3) is 2.02. The summed E-state index contributed by atoms with van der Waals surface area (Å²) in [5.41, 5.74) is 3.29. The number of benzene rings is 1. The molecule has 0 aliphatic rings. The molecular formula is C13H14BrFN2. The molecule has 0 amide bonds. The van der Waals surface area contributed by atoms with E-state index in [9.17, 15) is 4.39 Å².